The maximum absolute atomic E-state index is 12.5. The lowest BCUT2D eigenvalue weighted by molar-refractivity contribution is 0.0951. The highest BCUT2D eigenvalue weighted by Crippen LogP contribution is 2.27. The van der Waals surface area contributed by atoms with Gasteiger partial charge in [0.15, 0.2) is 5.13 Å². The van der Waals surface area contributed by atoms with Crippen LogP contribution in [0.1, 0.15) is 27.0 Å². The Hall–Kier alpha value is -3.48. The monoisotopic (exact) mass is 442 g/mol. The fraction of sp³-hybridized carbons (Fsp3) is 0.154. The number of nitrogens with zero attached hydrogens (tertiary/aromatic N) is 2. The maximum atomic E-state index is 12.5. The van der Waals surface area contributed by atoms with Gasteiger partial charge in [0, 0.05) is 43.2 Å². The number of carbonyl (C=O) groups excluding carboxylic acids is 1. The number of anilines is 1. The molecule has 0 bridgehead atoms. The Morgan fingerprint density at radius 1 is 0.969 bits per heavy atom. The molecule has 32 heavy (non-hydrogen) atoms. The predicted octanol–water partition coefficient (Wildman–Crippen LogP) is 4.84. The highest BCUT2D eigenvalue weighted by atomic mass is 32.1. The van der Waals surface area contributed by atoms with Crippen LogP contribution in [0.4, 0.5) is 5.13 Å². The van der Waals surface area contributed by atoms with Crippen LogP contribution in [-0.4, -0.2) is 17.9 Å². The van der Waals surface area contributed by atoms with Crippen LogP contribution in [0.25, 0.3) is 11.3 Å². The molecule has 0 saturated carbocycles. The lowest BCUT2D eigenvalue weighted by Crippen LogP contribution is -2.23. The van der Waals surface area contributed by atoms with Gasteiger partial charge in [-0.3, -0.25) is 4.79 Å². The van der Waals surface area contributed by atoms with Crippen LogP contribution in [0.5, 0.6) is 0 Å². The fourth-order valence-corrected chi connectivity index (χ4v) is 4.24. The van der Waals surface area contributed by atoms with E-state index in [1.807, 2.05) is 73.8 Å². The first-order valence-corrected chi connectivity index (χ1v) is 11.4. The molecule has 4 aromatic rings. The van der Waals surface area contributed by atoms with Crippen molar-refractivity contribution in [2.45, 2.75) is 19.6 Å². The summed E-state index contributed by atoms with van der Waals surface area (Å²) in [5, 5.41) is 6.02. The minimum Gasteiger partial charge on any atom is -0.348 e. The quantitative estimate of drug-likeness (QED) is 0.410. The number of hydrogen-bond acceptors (Lipinski definition) is 5. The number of hydrogen-bond donors (Lipinski definition) is 2. The van der Waals surface area contributed by atoms with Gasteiger partial charge in [0.25, 0.3) is 5.91 Å². The number of nitrogens with one attached hydrogen (secondary N) is 1. The number of nitrogens with two attached hydrogens (primary N) is 1. The Morgan fingerprint density at radius 2 is 1.72 bits per heavy atom. The minimum absolute atomic E-state index is 0.0875. The zero-order valence-corrected chi connectivity index (χ0v) is 18.8. The summed E-state index contributed by atoms with van der Waals surface area (Å²) in [5.41, 5.74) is 11.7. The van der Waals surface area contributed by atoms with Crippen LogP contribution in [0.3, 0.4) is 0 Å². The summed E-state index contributed by atoms with van der Waals surface area (Å²) in [5.74, 6) is -0.0875. The van der Waals surface area contributed by atoms with Gasteiger partial charge >= 0.3 is 0 Å². The molecule has 0 aliphatic rings. The predicted molar refractivity (Wildman–Crippen MR) is 132 cm³/mol. The molecule has 3 aromatic carbocycles. The average molecular weight is 443 g/mol. The Morgan fingerprint density at radius 3 is 2.47 bits per heavy atom. The molecular weight excluding hydrogens is 416 g/mol. The van der Waals surface area contributed by atoms with E-state index in [1.165, 1.54) is 0 Å². The van der Waals surface area contributed by atoms with Crippen molar-refractivity contribution in [1.82, 2.24) is 10.3 Å². The highest BCUT2D eigenvalue weighted by molar-refractivity contribution is 7.14. The van der Waals surface area contributed by atoms with Crippen LogP contribution in [0.2, 0.25) is 0 Å². The summed E-state index contributed by atoms with van der Waals surface area (Å²) in [6, 6.07) is 25.8. The molecule has 0 aliphatic heterocycles. The normalized spacial score (nSPS) is 10.7. The van der Waals surface area contributed by atoms with Crippen LogP contribution in [0.15, 0.2) is 84.2 Å². The maximum Gasteiger partial charge on any atom is 0.251 e. The van der Waals surface area contributed by atoms with Gasteiger partial charge in [-0.05, 0) is 28.8 Å². The van der Waals surface area contributed by atoms with Crippen LogP contribution < -0.4 is 16.0 Å². The molecule has 0 unspecified atom stereocenters. The van der Waals surface area contributed by atoms with E-state index >= 15 is 0 Å². The van der Waals surface area contributed by atoms with E-state index in [9.17, 15) is 4.79 Å². The molecule has 1 heterocycles. The number of rotatable bonds is 8. The van der Waals surface area contributed by atoms with Gasteiger partial charge in [0.1, 0.15) is 0 Å². The molecule has 1 aromatic heterocycles. The first-order valence-electron chi connectivity index (χ1n) is 10.5. The van der Waals surface area contributed by atoms with Gasteiger partial charge in [-0.2, -0.15) is 0 Å². The van der Waals surface area contributed by atoms with Crippen molar-refractivity contribution in [3.63, 3.8) is 0 Å². The fourth-order valence-electron chi connectivity index (χ4n) is 3.44. The van der Waals surface area contributed by atoms with Crippen molar-refractivity contribution in [3.05, 3.63) is 106 Å². The zero-order valence-electron chi connectivity index (χ0n) is 18.0. The summed E-state index contributed by atoms with van der Waals surface area (Å²) < 4.78 is 0. The third-order valence-corrected chi connectivity index (χ3v) is 6.16. The first kappa shape index (κ1) is 21.7. The number of carbonyl (C=O) groups is 1. The standard InChI is InChI=1S/C26H26N4OS/c1-30(26-29-24(18-32-26)22-8-3-2-4-9-22)17-19-10-12-23(13-11-19)25(31)28-16-21-7-5-6-20(14-21)15-27/h2-14,18H,15-17,27H2,1H3,(H,28,31). The molecule has 0 atom stereocenters. The number of benzene rings is 3. The Kier molecular flexibility index (Phi) is 6.94. The molecule has 162 valence electrons. The van der Waals surface area contributed by atoms with Crippen molar-refractivity contribution < 1.29 is 4.79 Å². The van der Waals surface area contributed by atoms with Gasteiger partial charge in [0.05, 0.1) is 5.69 Å². The number of aromatic nitrogens is 1. The third kappa shape index (κ3) is 5.41. The third-order valence-electron chi connectivity index (χ3n) is 5.20. The lowest BCUT2D eigenvalue weighted by atomic mass is 10.1. The van der Waals surface area contributed by atoms with E-state index in [4.69, 9.17) is 10.7 Å². The number of thiazole rings is 1. The SMILES string of the molecule is CN(Cc1ccc(C(=O)NCc2cccc(CN)c2)cc1)c1nc(-c2ccccc2)cs1. The van der Waals surface area contributed by atoms with Crippen molar-refractivity contribution >= 4 is 22.4 Å². The summed E-state index contributed by atoms with van der Waals surface area (Å²) in [4.78, 5) is 19.4. The van der Waals surface area contributed by atoms with Gasteiger partial charge < -0.3 is 16.0 Å². The minimum atomic E-state index is -0.0875. The molecule has 1 amide bonds. The van der Waals surface area contributed by atoms with Crippen LogP contribution in [0, 0.1) is 0 Å². The molecule has 0 saturated heterocycles. The van der Waals surface area contributed by atoms with Gasteiger partial charge in [0.2, 0.25) is 0 Å². The molecule has 0 spiro atoms. The van der Waals surface area contributed by atoms with Crippen LogP contribution in [-0.2, 0) is 19.6 Å². The summed E-state index contributed by atoms with van der Waals surface area (Å²) >= 11 is 1.63. The molecular formula is C26H26N4OS. The Labute approximate surface area is 192 Å². The van der Waals surface area contributed by atoms with Crippen LogP contribution >= 0.6 is 11.3 Å². The van der Waals surface area contributed by atoms with E-state index in [1.54, 1.807) is 11.3 Å². The van der Waals surface area contributed by atoms with E-state index in [0.717, 1.165) is 39.6 Å². The molecule has 0 fully saturated rings. The van der Waals surface area contributed by atoms with Crippen molar-refractivity contribution in [1.29, 1.82) is 0 Å². The van der Waals surface area contributed by atoms with Gasteiger partial charge in [-0.15, -0.1) is 11.3 Å². The van der Waals surface area contributed by atoms with E-state index in [-0.39, 0.29) is 5.91 Å². The molecule has 0 radical (unpaired) electrons. The summed E-state index contributed by atoms with van der Waals surface area (Å²) in [6.07, 6.45) is 0. The molecule has 0 aliphatic carbocycles. The van der Waals surface area contributed by atoms with E-state index in [2.05, 4.69) is 27.7 Å². The molecule has 3 N–H and O–H groups in total. The second-order valence-electron chi connectivity index (χ2n) is 7.64. The van der Waals surface area contributed by atoms with Gasteiger partial charge in [-0.1, -0.05) is 66.7 Å². The second kappa shape index (κ2) is 10.2. The number of amides is 1. The van der Waals surface area contributed by atoms with Crippen molar-refractivity contribution in [2.75, 3.05) is 11.9 Å². The first-order chi connectivity index (χ1) is 15.6. The smallest absolute Gasteiger partial charge is 0.251 e. The highest BCUT2D eigenvalue weighted by Gasteiger charge is 2.10. The second-order valence-corrected chi connectivity index (χ2v) is 8.48. The van der Waals surface area contributed by atoms with Crippen molar-refractivity contribution in [2.24, 2.45) is 5.73 Å². The topological polar surface area (TPSA) is 71.2 Å². The Balaban J connectivity index is 1.34. The summed E-state index contributed by atoms with van der Waals surface area (Å²) in [7, 11) is 2.03. The Bertz CT molecular complexity index is 1170. The molecule has 6 heteroatoms. The summed E-state index contributed by atoms with van der Waals surface area (Å²) in [6.45, 7) is 1.69. The van der Waals surface area contributed by atoms with Crippen molar-refractivity contribution in [3.8, 4) is 11.3 Å². The molecule has 5 nitrogen and oxygen atoms in total. The average Bonchev–Trinajstić information content (AvgIpc) is 3.34. The lowest BCUT2D eigenvalue weighted by Gasteiger charge is -2.16. The van der Waals surface area contributed by atoms with E-state index in [0.29, 0.717) is 18.7 Å². The zero-order chi connectivity index (χ0) is 22.3. The largest absolute Gasteiger partial charge is 0.348 e. The van der Waals surface area contributed by atoms with E-state index < -0.39 is 0 Å². The van der Waals surface area contributed by atoms with Gasteiger partial charge in [-0.25, -0.2) is 4.98 Å². The molecule has 4 rings (SSSR count).